The van der Waals surface area contributed by atoms with Crippen LogP contribution in [0, 0.1) is 11.8 Å². The minimum atomic E-state index is -0.636. The van der Waals surface area contributed by atoms with Gasteiger partial charge >= 0.3 is 0 Å². The fourth-order valence-electron chi connectivity index (χ4n) is 0.487. The molecule has 0 aliphatic rings. The van der Waals surface area contributed by atoms with Gasteiger partial charge in [0.15, 0.2) is 0 Å². The highest BCUT2D eigenvalue weighted by atomic mass is 16.3. The van der Waals surface area contributed by atoms with Gasteiger partial charge in [0.1, 0.15) is 12.7 Å². The van der Waals surface area contributed by atoms with Crippen molar-refractivity contribution in [3.8, 4) is 11.8 Å². The highest BCUT2D eigenvalue weighted by Gasteiger charge is 1.91. The zero-order chi connectivity index (χ0) is 7.82. The van der Waals surface area contributed by atoms with Crippen LogP contribution in [0.5, 0.6) is 0 Å². The molecular weight excluding hydrogens is 128 g/mol. The van der Waals surface area contributed by atoms with Crippen LogP contribution in [0.3, 0.4) is 0 Å². The van der Waals surface area contributed by atoms with Gasteiger partial charge in [0.2, 0.25) is 0 Å². The third kappa shape index (κ3) is 5.36. The summed E-state index contributed by atoms with van der Waals surface area (Å²) in [5.74, 6) is 4.85. The molecule has 10 heavy (non-hydrogen) atoms. The highest BCUT2D eigenvalue weighted by molar-refractivity contribution is 5.06. The second kappa shape index (κ2) is 6.34. The van der Waals surface area contributed by atoms with Crippen LogP contribution >= 0.6 is 0 Å². The number of rotatable bonds is 2. The van der Waals surface area contributed by atoms with Crippen LogP contribution in [-0.4, -0.2) is 22.9 Å². The number of aliphatic hydroxyl groups excluding tert-OH is 2. The zero-order valence-corrected chi connectivity index (χ0v) is 6.04. The monoisotopic (exact) mass is 140 g/mol. The lowest BCUT2D eigenvalue weighted by atomic mass is 10.2. The van der Waals surface area contributed by atoms with Crippen molar-refractivity contribution in [1.82, 2.24) is 0 Å². The molecule has 0 spiro atoms. The molecular formula is C8H12O2. The first-order valence-electron chi connectivity index (χ1n) is 3.19. The fourth-order valence-corrected chi connectivity index (χ4v) is 0.487. The standard InChI is InChI=1S/C8H12O2/c1-2-3-5-8(10)6-4-7-9/h2-3,8-10H,5,7H2,1H3/t8-/m1/s1. The van der Waals surface area contributed by atoms with Crippen molar-refractivity contribution in [3.05, 3.63) is 12.2 Å². The van der Waals surface area contributed by atoms with Crippen molar-refractivity contribution in [2.45, 2.75) is 19.4 Å². The summed E-state index contributed by atoms with van der Waals surface area (Å²) in [4.78, 5) is 0. The average Bonchev–Trinajstić information content (AvgIpc) is 1.97. The minimum Gasteiger partial charge on any atom is -0.384 e. The Hall–Kier alpha value is -0.780. The van der Waals surface area contributed by atoms with Crippen molar-refractivity contribution >= 4 is 0 Å². The number of hydrogen-bond acceptors (Lipinski definition) is 2. The lowest BCUT2D eigenvalue weighted by Gasteiger charge is -1.94. The van der Waals surface area contributed by atoms with Crippen LogP contribution in [0.15, 0.2) is 12.2 Å². The molecule has 0 rings (SSSR count). The molecule has 0 amide bonds. The van der Waals surface area contributed by atoms with Crippen molar-refractivity contribution in [1.29, 1.82) is 0 Å². The molecule has 0 aliphatic carbocycles. The van der Waals surface area contributed by atoms with Gasteiger partial charge in [-0.25, -0.2) is 0 Å². The molecule has 0 radical (unpaired) electrons. The van der Waals surface area contributed by atoms with E-state index in [1.54, 1.807) is 0 Å². The van der Waals surface area contributed by atoms with Gasteiger partial charge < -0.3 is 10.2 Å². The fraction of sp³-hybridized carbons (Fsp3) is 0.500. The average molecular weight is 140 g/mol. The normalized spacial score (nSPS) is 12.7. The molecule has 0 aromatic rings. The summed E-state index contributed by atoms with van der Waals surface area (Å²) in [7, 11) is 0. The molecule has 2 nitrogen and oxygen atoms in total. The van der Waals surface area contributed by atoms with Gasteiger partial charge in [-0.2, -0.15) is 0 Å². The molecule has 0 saturated carbocycles. The first-order chi connectivity index (χ1) is 4.81. The van der Waals surface area contributed by atoms with Crippen molar-refractivity contribution in [2.75, 3.05) is 6.61 Å². The summed E-state index contributed by atoms with van der Waals surface area (Å²) < 4.78 is 0. The van der Waals surface area contributed by atoms with Crippen LogP contribution in [0.25, 0.3) is 0 Å². The lowest BCUT2D eigenvalue weighted by Crippen LogP contribution is -2.00. The van der Waals surface area contributed by atoms with Crippen molar-refractivity contribution in [3.63, 3.8) is 0 Å². The van der Waals surface area contributed by atoms with Crippen molar-refractivity contribution in [2.24, 2.45) is 0 Å². The summed E-state index contributed by atoms with van der Waals surface area (Å²) in [6, 6.07) is 0. The van der Waals surface area contributed by atoms with Gasteiger partial charge in [-0.15, -0.1) is 0 Å². The predicted octanol–water partition coefficient (Wildman–Crippen LogP) is 0.309. The van der Waals surface area contributed by atoms with E-state index in [1.807, 2.05) is 19.1 Å². The smallest absolute Gasteiger partial charge is 0.118 e. The van der Waals surface area contributed by atoms with E-state index in [-0.39, 0.29) is 6.61 Å². The first kappa shape index (κ1) is 9.22. The Kier molecular flexibility index (Phi) is 5.85. The van der Waals surface area contributed by atoms with E-state index < -0.39 is 6.10 Å². The summed E-state index contributed by atoms with van der Waals surface area (Å²) in [5.41, 5.74) is 0. The van der Waals surface area contributed by atoms with Gasteiger partial charge in [0.25, 0.3) is 0 Å². The van der Waals surface area contributed by atoms with Gasteiger partial charge in [0, 0.05) is 6.42 Å². The molecule has 0 fully saturated rings. The quantitative estimate of drug-likeness (QED) is 0.428. The Balaban J connectivity index is 3.52. The second-order valence-corrected chi connectivity index (χ2v) is 1.80. The summed E-state index contributed by atoms with van der Waals surface area (Å²) in [6.07, 6.45) is 3.58. The summed E-state index contributed by atoms with van der Waals surface area (Å²) in [5, 5.41) is 17.2. The molecule has 2 heteroatoms. The Morgan fingerprint density at radius 3 is 2.80 bits per heavy atom. The molecule has 56 valence electrons. The molecule has 0 aromatic heterocycles. The molecule has 0 unspecified atom stereocenters. The third-order valence-electron chi connectivity index (χ3n) is 0.943. The highest BCUT2D eigenvalue weighted by Crippen LogP contribution is 1.89. The van der Waals surface area contributed by atoms with E-state index in [4.69, 9.17) is 10.2 Å². The topological polar surface area (TPSA) is 40.5 Å². The second-order valence-electron chi connectivity index (χ2n) is 1.80. The Morgan fingerprint density at radius 2 is 2.30 bits per heavy atom. The van der Waals surface area contributed by atoms with E-state index in [1.165, 1.54) is 0 Å². The van der Waals surface area contributed by atoms with E-state index >= 15 is 0 Å². The zero-order valence-electron chi connectivity index (χ0n) is 6.04. The lowest BCUT2D eigenvalue weighted by molar-refractivity contribution is 0.235. The molecule has 0 heterocycles. The largest absolute Gasteiger partial charge is 0.384 e. The van der Waals surface area contributed by atoms with E-state index in [0.717, 1.165) is 0 Å². The molecule has 0 aliphatic heterocycles. The van der Waals surface area contributed by atoms with Crippen LogP contribution in [0.1, 0.15) is 13.3 Å². The molecule has 0 bridgehead atoms. The third-order valence-corrected chi connectivity index (χ3v) is 0.943. The number of hydrogen-bond donors (Lipinski definition) is 2. The molecule has 0 saturated heterocycles. The number of aliphatic hydroxyl groups is 2. The maximum absolute atomic E-state index is 8.98. The summed E-state index contributed by atoms with van der Waals surface area (Å²) >= 11 is 0. The molecule has 2 N–H and O–H groups in total. The van der Waals surface area contributed by atoms with Crippen LogP contribution in [-0.2, 0) is 0 Å². The van der Waals surface area contributed by atoms with Gasteiger partial charge in [-0.1, -0.05) is 24.0 Å². The van der Waals surface area contributed by atoms with Crippen LogP contribution < -0.4 is 0 Å². The number of allylic oxidation sites excluding steroid dienone is 1. The Labute approximate surface area is 61.2 Å². The van der Waals surface area contributed by atoms with Gasteiger partial charge in [0.05, 0.1) is 0 Å². The predicted molar refractivity (Wildman–Crippen MR) is 40.3 cm³/mol. The minimum absolute atomic E-state index is 0.188. The molecule has 0 aromatic carbocycles. The van der Waals surface area contributed by atoms with Gasteiger partial charge in [-0.05, 0) is 6.92 Å². The first-order valence-corrected chi connectivity index (χ1v) is 3.19. The van der Waals surface area contributed by atoms with Crippen molar-refractivity contribution < 1.29 is 10.2 Å². The maximum Gasteiger partial charge on any atom is 0.118 e. The molecule has 1 atom stereocenters. The Bertz CT molecular complexity index is 150. The summed E-state index contributed by atoms with van der Waals surface area (Å²) in [6.45, 7) is 1.69. The van der Waals surface area contributed by atoms with E-state index in [2.05, 4.69) is 11.8 Å². The Morgan fingerprint density at radius 1 is 1.60 bits per heavy atom. The van der Waals surface area contributed by atoms with Crippen LogP contribution in [0.2, 0.25) is 0 Å². The van der Waals surface area contributed by atoms with Crippen LogP contribution in [0.4, 0.5) is 0 Å². The van der Waals surface area contributed by atoms with Gasteiger partial charge in [-0.3, -0.25) is 0 Å². The van der Waals surface area contributed by atoms with E-state index in [9.17, 15) is 0 Å². The SMILES string of the molecule is CC=CC[C@@H](O)C#CCO. The maximum atomic E-state index is 8.98. The van der Waals surface area contributed by atoms with E-state index in [0.29, 0.717) is 6.42 Å².